The van der Waals surface area contributed by atoms with E-state index < -0.39 is 0 Å². The van der Waals surface area contributed by atoms with Gasteiger partial charge in [-0.1, -0.05) is 27.2 Å². The van der Waals surface area contributed by atoms with Crippen molar-refractivity contribution in [3.05, 3.63) is 0 Å². The Kier molecular flexibility index (Phi) is 1.55. The molecule has 0 aliphatic heterocycles. The summed E-state index contributed by atoms with van der Waals surface area (Å²) in [4.78, 5) is 0. The number of hydrogen-bond acceptors (Lipinski definition) is 1. The summed E-state index contributed by atoms with van der Waals surface area (Å²) >= 11 is 0. The summed E-state index contributed by atoms with van der Waals surface area (Å²) in [6, 6.07) is 0.780. The minimum Gasteiger partial charge on any atom is -0.316 e. The Bertz CT molecular complexity index is 95.1. The summed E-state index contributed by atoms with van der Waals surface area (Å²) in [6.07, 6.45) is 1.32. The lowest BCUT2D eigenvalue weighted by Gasteiger charge is -1.98. The Hall–Kier alpha value is -0.0400. The molecule has 0 bridgehead atoms. The van der Waals surface area contributed by atoms with Gasteiger partial charge in [0.05, 0.1) is 0 Å². The van der Waals surface area contributed by atoms with Gasteiger partial charge in [-0.3, -0.25) is 0 Å². The van der Waals surface area contributed by atoms with Crippen molar-refractivity contribution in [3.63, 3.8) is 0 Å². The molecular formula is C8H17N. The van der Waals surface area contributed by atoms with E-state index in [1.165, 1.54) is 6.42 Å². The largest absolute Gasteiger partial charge is 0.316 e. The van der Waals surface area contributed by atoms with Crippen LogP contribution in [0.1, 0.15) is 27.2 Å². The molecule has 0 radical (unpaired) electrons. The maximum absolute atomic E-state index is 3.33. The maximum atomic E-state index is 3.33. The third-order valence-electron chi connectivity index (χ3n) is 2.80. The molecule has 0 spiro atoms. The van der Waals surface area contributed by atoms with Crippen molar-refractivity contribution >= 4 is 0 Å². The second-order valence-electron chi connectivity index (χ2n) is 3.60. The lowest BCUT2D eigenvalue weighted by Crippen LogP contribution is -2.14. The van der Waals surface area contributed by atoms with Gasteiger partial charge in [-0.2, -0.15) is 0 Å². The lowest BCUT2D eigenvalue weighted by atomic mass is 10.1. The zero-order valence-electron chi connectivity index (χ0n) is 6.86. The Morgan fingerprint density at radius 2 is 2.00 bits per heavy atom. The zero-order chi connectivity index (χ0) is 7.07. The van der Waals surface area contributed by atoms with E-state index in [-0.39, 0.29) is 0 Å². The van der Waals surface area contributed by atoms with Crippen LogP contribution in [-0.2, 0) is 0 Å². The van der Waals surface area contributed by atoms with Gasteiger partial charge in [-0.15, -0.1) is 0 Å². The first-order chi connectivity index (χ1) is 4.14. The van der Waals surface area contributed by atoms with E-state index in [2.05, 4.69) is 33.1 Å². The van der Waals surface area contributed by atoms with Crippen LogP contribution in [0.15, 0.2) is 0 Å². The highest BCUT2D eigenvalue weighted by molar-refractivity contribution is 5.09. The van der Waals surface area contributed by atoms with Gasteiger partial charge in [-0.25, -0.2) is 0 Å². The molecule has 1 aliphatic carbocycles. The molecule has 2 atom stereocenters. The quantitative estimate of drug-likeness (QED) is 0.594. The molecule has 54 valence electrons. The van der Waals surface area contributed by atoms with E-state index >= 15 is 0 Å². The first kappa shape index (κ1) is 7.07. The lowest BCUT2D eigenvalue weighted by molar-refractivity contribution is 0.536. The standard InChI is InChI=1S/C8H17N/c1-5-6-7(9-4)8(6,2)3/h6-7,9H,5H2,1-4H3. The van der Waals surface area contributed by atoms with Gasteiger partial charge >= 0.3 is 0 Å². The average molecular weight is 127 g/mol. The minimum absolute atomic E-state index is 0.573. The Labute approximate surface area is 57.8 Å². The Balaban J connectivity index is 2.45. The van der Waals surface area contributed by atoms with Crippen molar-refractivity contribution in [2.24, 2.45) is 11.3 Å². The highest BCUT2D eigenvalue weighted by Gasteiger charge is 2.55. The molecule has 1 heteroatoms. The van der Waals surface area contributed by atoms with Crippen molar-refractivity contribution in [3.8, 4) is 0 Å². The van der Waals surface area contributed by atoms with Crippen LogP contribution >= 0.6 is 0 Å². The van der Waals surface area contributed by atoms with E-state index in [1.54, 1.807) is 0 Å². The monoisotopic (exact) mass is 127 g/mol. The third-order valence-corrected chi connectivity index (χ3v) is 2.80. The molecule has 0 aromatic rings. The minimum atomic E-state index is 0.573. The third kappa shape index (κ3) is 0.877. The van der Waals surface area contributed by atoms with Crippen LogP contribution in [0.5, 0.6) is 0 Å². The average Bonchev–Trinajstić information content (AvgIpc) is 2.32. The number of hydrogen-bond donors (Lipinski definition) is 1. The van der Waals surface area contributed by atoms with Gasteiger partial charge in [0.2, 0.25) is 0 Å². The first-order valence-corrected chi connectivity index (χ1v) is 3.81. The van der Waals surface area contributed by atoms with Crippen LogP contribution in [0, 0.1) is 11.3 Å². The normalized spacial score (nSPS) is 38.7. The van der Waals surface area contributed by atoms with E-state index in [0.717, 1.165) is 12.0 Å². The van der Waals surface area contributed by atoms with Crippen LogP contribution in [0.2, 0.25) is 0 Å². The highest BCUT2D eigenvalue weighted by atomic mass is 15.0. The van der Waals surface area contributed by atoms with Crippen LogP contribution in [0.4, 0.5) is 0 Å². The van der Waals surface area contributed by atoms with Gasteiger partial charge in [0.15, 0.2) is 0 Å². The number of nitrogens with one attached hydrogen (secondary N) is 1. The molecule has 0 saturated heterocycles. The molecule has 1 nitrogen and oxygen atoms in total. The van der Waals surface area contributed by atoms with E-state index in [4.69, 9.17) is 0 Å². The molecule has 1 rings (SSSR count). The molecule has 1 saturated carbocycles. The molecule has 2 unspecified atom stereocenters. The summed E-state index contributed by atoms with van der Waals surface area (Å²) in [5, 5.41) is 3.33. The van der Waals surface area contributed by atoms with Gasteiger partial charge in [0.1, 0.15) is 0 Å². The zero-order valence-corrected chi connectivity index (χ0v) is 6.86. The Morgan fingerprint density at radius 3 is 2.11 bits per heavy atom. The maximum Gasteiger partial charge on any atom is 0.0152 e. The summed E-state index contributed by atoms with van der Waals surface area (Å²) in [6.45, 7) is 6.94. The summed E-state index contributed by atoms with van der Waals surface area (Å²) in [5.74, 6) is 0.919. The van der Waals surface area contributed by atoms with E-state index in [0.29, 0.717) is 5.41 Å². The molecule has 0 amide bonds. The SMILES string of the molecule is CCC1C(NC)C1(C)C. The fourth-order valence-electron chi connectivity index (χ4n) is 2.08. The predicted octanol–water partition coefficient (Wildman–Crippen LogP) is 1.64. The van der Waals surface area contributed by atoms with Crippen LogP contribution in [-0.4, -0.2) is 13.1 Å². The molecule has 0 aromatic carbocycles. The molecular weight excluding hydrogens is 110 g/mol. The van der Waals surface area contributed by atoms with Crippen molar-refractivity contribution < 1.29 is 0 Å². The predicted molar refractivity (Wildman–Crippen MR) is 40.4 cm³/mol. The highest BCUT2D eigenvalue weighted by Crippen LogP contribution is 2.53. The van der Waals surface area contributed by atoms with Crippen molar-refractivity contribution in [1.29, 1.82) is 0 Å². The topological polar surface area (TPSA) is 12.0 Å². The van der Waals surface area contributed by atoms with E-state index in [1.807, 2.05) is 0 Å². The van der Waals surface area contributed by atoms with Crippen LogP contribution in [0.25, 0.3) is 0 Å². The smallest absolute Gasteiger partial charge is 0.0152 e. The van der Waals surface area contributed by atoms with Gasteiger partial charge in [0.25, 0.3) is 0 Å². The van der Waals surface area contributed by atoms with Crippen molar-refractivity contribution in [2.45, 2.75) is 33.2 Å². The van der Waals surface area contributed by atoms with Crippen molar-refractivity contribution in [2.75, 3.05) is 7.05 Å². The first-order valence-electron chi connectivity index (χ1n) is 3.81. The second-order valence-corrected chi connectivity index (χ2v) is 3.60. The van der Waals surface area contributed by atoms with Crippen LogP contribution < -0.4 is 5.32 Å². The van der Waals surface area contributed by atoms with Gasteiger partial charge < -0.3 is 5.32 Å². The summed E-state index contributed by atoms with van der Waals surface area (Å²) in [7, 11) is 2.06. The summed E-state index contributed by atoms with van der Waals surface area (Å²) < 4.78 is 0. The molecule has 1 aliphatic rings. The van der Waals surface area contributed by atoms with Gasteiger partial charge in [-0.05, 0) is 18.4 Å². The van der Waals surface area contributed by atoms with Gasteiger partial charge in [0, 0.05) is 6.04 Å². The molecule has 1 fully saturated rings. The fourth-order valence-corrected chi connectivity index (χ4v) is 2.08. The summed E-state index contributed by atoms with van der Waals surface area (Å²) in [5.41, 5.74) is 0.573. The van der Waals surface area contributed by atoms with E-state index in [9.17, 15) is 0 Å². The fraction of sp³-hybridized carbons (Fsp3) is 1.00. The van der Waals surface area contributed by atoms with Crippen LogP contribution in [0.3, 0.4) is 0 Å². The molecule has 0 heterocycles. The molecule has 9 heavy (non-hydrogen) atoms. The Morgan fingerprint density at radius 1 is 1.44 bits per heavy atom. The molecule has 0 aromatic heterocycles. The van der Waals surface area contributed by atoms with Crippen molar-refractivity contribution in [1.82, 2.24) is 5.32 Å². The second kappa shape index (κ2) is 1.98. The number of rotatable bonds is 2. The molecule has 1 N–H and O–H groups in total.